The molecule has 8 nitrogen and oxygen atoms in total. The fourth-order valence-corrected chi connectivity index (χ4v) is 3.10. The Morgan fingerprint density at radius 3 is 2.77 bits per heavy atom. The highest BCUT2D eigenvalue weighted by Gasteiger charge is 2.11. The molecule has 0 aliphatic carbocycles. The molecule has 2 aromatic carbocycles. The molecule has 4 rings (SSSR count). The number of carbonyl (C=O) groups excluding carboxylic acids is 1. The molecule has 0 spiro atoms. The number of amides is 1. The molecule has 0 unspecified atom stereocenters. The summed E-state index contributed by atoms with van der Waals surface area (Å²) in [6, 6.07) is 16.4. The molecule has 2 heterocycles. The van der Waals surface area contributed by atoms with Gasteiger partial charge in [-0.1, -0.05) is 29.8 Å². The Kier molecular flexibility index (Phi) is 6.18. The number of anilines is 1. The van der Waals surface area contributed by atoms with Crippen LogP contribution in [0.1, 0.15) is 16.1 Å². The van der Waals surface area contributed by atoms with Crippen LogP contribution in [0.2, 0.25) is 5.02 Å². The highest BCUT2D eigenvalue weighted by atomic mass is 35.5. The minimum atomic E-state index is -0.331. The average Bonchev–Trinajstić information content (AvgIpc) is 3.42. The van der Waals surface area contributed by atoms with Gasteiger partial charge in [-0.25, -0.2) is 4.68 Å². The van der Waals surface area contributed by atoms with Gasteiger partial charge < -0.3 is 14.8 Å². The van der Waals surface area contributed by atoms with Crippen LogP contribution in [0.5, 0.6) is 11.5 Å². The molecule has 0 saturated heterocycles. The molecule has 1 amide bonds. The second kappa shape index (κ2) is 9.36. The second-order valence-corrected chi connectivity index (χ2v) is 7.14. The van der Waals surface area contributed by atoms with E-state index in [1.165, 1.54) is 4.68 Å². The molecular formula is C22H20ClN5O3. The van der Waals surface area contributed by atoms with Crippen molar-refractivity contribution in [2.75, 3.05) is 12.4 Å². The molecular weight excluding hydrogens is 418 g/mol. The summed E-state index contributed by atoms with van der Waals surface area (Å²) in [7, 11) is 1.63. The Balaban J connectivity index is 1.33. The van der Waals surface area contributed by atoms with E-state index in [0.29, 0.717) is 23.0 Å². The maximum absolute atomic E-state index is 12.5. The van der Waals surface area contributed by atoms with E-state index in [1.54, 1.807) is 60.7 Å². The lowest BCUT2D eigenvalue weighted by Crippen LogP contribution is -2.14. The number of halogens is 1. The van der Waals surface area contributed by atoms with Crippen molar-refractivity contribution in [2.45, 2.75) is 13.3 Å². The third kappa shape index (κ3) is 5.43. The Morgan fingerprint density at radius 1 is 1.10 bits per heavy atom. The first-order valence-corrected chi connectivity index (χ1v) is 9.85. The van der Waals surface area contributed by atoms with E-state index in [-0.39, 0.29) is 18.3 Å². The van der Waals surface area contributed by atoms with E-state index in [0.717, 1.165) is 11.3 Å². The number of ether oxygens (including phenoxy) is 2. The summed E-state index contributed by atoms with van der Waals surface area (Å²) in [5, 5.41) is 11.9. The third-order valence-corrected chi connectivity index (χ3v) is 4.64. The summed E-state index contributed by atoms with van der Waals surface area (Å²) in [4.78, 5) is 12.5. The lowest BCUT2D eigenvalue weighted by atomic mass is 10.2. The predicted octanol–water partition coefficient (Wildman–Crippen LogP) is 4.08. The topological polar surface area (TPSA) is 83.2 Å². The van der Waals surface area contributed by atoms with Crippen molar-refractivity contribution in [1.29, 1.82) is 0 Å². The largest absolute Gasteiger partial charge is 0.497 e. The first kappa shape index (κ1) is 20.5. The normalized spacial score (nSPS) is 10.6. The smallest absolute Gasteiger partial charge is 0.276 e. The van der Waals surface area contributed by atoms with Crippen molar-refractivity contribution in [2.24, 2.45) is 0 Å². The van der Waals surface area contributed by atoms with Crippen LogP contribution < -0.4 is 14.8 Å². The Hall–Kier alpha value is -3.78. The van der Waals surface area contributed by atoms with Crippen LogP contribution in [-0.4, -0.2) is 32.6 Å². The zero-order valence-corrected chi connectivity index (χ0v) is 17.5. The first-order valence-electron chi connectivity index (χ1n) is 9.47. The van der Waals surface area contributed by atoms with Crippen LogP contribution in [-0.2, 0) is 13.3 Å². The van der Waals surface area contributed by atoms with Crippen molar-refractivity contribution in [3.63, 3.8) is 0 Å². The molecule has 31 heavy (non-hydrogen) atoms. The highest BCUT2D eigenvalue weighted by molar-refractivity contribution is 6.30. The molecule has 0 saturated carbocycles. The van der Waals surface area contributed by atoms with Crippen molar-refractivity contribution >= 4 is 23.2 Å². The summed E-state index contributed by atoms with van der Waals surface area (Å²) in [5.41, 5.74) is 1.90. The number of carbonyl (C=O) groups is 1. The summed E-state index contributed by atoms with van der Waals surface area (Å²) in [6.45, 7) is 0.717. The molecule has 0 bridgehead atoms. The van der Waals surface area contributed by atoms with E-state index in [2.05, 4.69) is 15.5 Å². The second-order valence-electron chi connectivity index (χ2n) is 6.70. The number of hydrogen-bond donors (Lipinski definition) is 1. The lowest BCUT2D eigenvalue weighted by Gasteiger charge is -2.06. The SMILES string of the molecule is COc1cccc(Cn2cc(NC(=O)c3ccn(COc4cccc(Cl)c4)n3)cn2)c1. The van der Waals surface area contributed by atoms with Gasteiger partial charge in [0.05, 0.1) is 25.5 Å². The number of hydrogen-bond acceptors (Lipinski definition) is 5. The number of rotatable bonds is 8. The Morgan fingerprint density at radius 2 is 1.94 bits per heavy atom. The number of nitrogens with one attached hydrogen (secondary N) is 1. The van der Waals surface area contributed by atoms with Gasteiger partial charge in [0.1, 0.15) is 11.5 Å². The van der Waals surface area contributed by atoms with E-state index in [1.807, 2.05) is 24.3 Å². The number of aromatic nitrogens is 4. The van der Waals surface area contributed by atoms with E-state index in [9.17, 15) is 4.79 Å². The van der Waals surface area contributed by atoms with Gasteiger partial charge in [-0.05, 0) is 42.0 Å². The van der Waals surface area contributed by atoms with Crippen LogP contribution in [0.4, 0.5) is 5.69 Å². The maximum atomic E-state index is 12.5. The van der Waals surface area contributed by atoms with Crippen LogP contribution in [0.15, 0.2) is 73.2 Å². The number of methoxy groups -OCH3 is 1. The first-order chi connectivity index (χ1) is 15.1. The summed E-state index contributed by atoms with van der Waals surface area (Å²) in [6.07, 6.45) is 5.03. The molecule has 158 valence electrons. The number of nitrogens with zero attached hydrogens (tertiary/aromatic N) is 4. The van der Waals surface area contributed by atoms with Gasteiger partial charge in [-0.15, -0.1) is 0 Å². The Bertz CT molecular complexity index is 1190. The van der Waals surface area contributed by atoms with Crippen molar-refractivity contribution in [1.82, 2.24) is 19.6 Å². The zero-order chi connectivity index (χ0) is 21.6. The molecule has 0 atom stereocenters. The quantitative estimate of drug-likeness (QED) is 0.449. The van der Waals surface area contributed by atoms with Crippen LogP contribution in [0.25, 0.3) is 0 Å². The lowest BCUT2D eigenvalue weighted by molar-refractivity contribution is 0.102. The molecule has 0 aliphatic rings. The molecule has 1 N–H and O–H groups in total. The van der Waals surface area contributed by atoms with Gasteiger partial charge in [0.25, 0.3) is 5.91 Å². The maximum Gasteiger partial charge on any atom is 0.276 e. The Labute approximate surface area is 184 Å². The van der Waals surface area contributed by atoms with Crippen molar-refractivity contribution in [3.05, 3.63) is 89.5 Å². The molecule has 0 radical (unpaired) electrons. The van der Waals surface area contributed by atoms with E-state index < -0.39 is 0 Å². The van der Waals surface area contributed by atoms with E-state index in [4.69, 9.17) is 21.1 Å². The molecule has 4 aromatic rings. The van der Waals surface area contributed by atoms with Crippen molar-refractivity contribution < 1.29 is 14.3 Å². The van der Waals surface area contributed by atoms with Crippen LogP contribution in [0, 0.1) is 0 Å². The van der Waals surface area contributed by atoms with Crippen molar-refractivity contribution in [3.8, 4) is 11.5 Å². The average molecular weight is 438 g/mol. The van der Waals surface area contributed by atoms with Gasteiger partial charge in [0.2, 0.25) is 0 Å². The summed E-state index contributed by atoms with van der Waals surface area (Å²) >= 11 is 5.94. The van der Waals surface area contributed by atoms with Crippen LogP contribution in [0.3, 0.4) is 0 Å². The van der Waals surface area contributed by atoms with Crippen LogP contribution >= 0.6 is 11.6 Å². The molecule has 0 aliphatic heterocycles. The predicted molar refractivity (Wildman–Crippen MR) is 117 cm³/mol. The summed E-state index contributed by atoms with van der Waals surface area (Å²) in [5.74, 6) is 1.08. The standard InChI is InChI=1S/C22H20ClN5O3/c1-30-19-6-2-4-16(10-19)13-28-14-18(12-24-28)25-22(29)21-8-9-27(26-21)15-31-20-7-3-5-17(23)11-20/h2-12,14H,13,15H2,1H3,(H,25,29). The van der Waals surface area contributed by atoms with Gasteiger partial charge in [-0.3, -0.25) is 9.48 Å². The molecule has 0 fully saturated rings. The van der Waals surface area contributed by atoms with E-state index >= 15 is 0 Å². The minimum Gasteiger partial charge on any atom is -0.497 e. The fourth-order valence-electron chi connectivity index (χ4n) is 2.92. The fraction of sp³-hybridized carbons (Fsp3) is 0.136. The number of benzene rings is 2. The van der Waals surface area contributed by atoms with Gasteiger partial charge >= 0.3 is 0 Å². The zero-order valence-electron chi connectivity index (χ0n) is 16.7. The highest BCUT2D eigenvalue weighted by Crippen LogP contribution is 2.18. The van der Waals surface area contributed by atoms with Gasteiger partial charge in [0, 0.05) is 17.4 Å². The molecule has 2 aromatic heterocycles. The summed E-state index contributed by atoms with van der Waals surface area (Å²) < 4.78 is 14.1. The van der Waals surface area contributed by atoms with Gasteiger partial charge in [-0.2, -0.15) is 10.2 Å². The van der Waals surface area contributed by atoms with Gasteiger partial charge in [0.15, 0.2) is 12.4 Å². The monoisotopic (exact) mass is 437 g/mol. The third-order valence-electron chi connectivity index (χ3n) is 4.40. The molecule has 9 heteroatoms. The minimum absolute atomic E-state index is 0.159.